The Morgan fingerprint density at radius 1 is 1.29 bits per heavy atom. The average Bonchev–Trinajstić information content (AvgIpc) is 2.94. The second kappa shape index (κ2) is 7.08. The van der Waals surface area contributed by atoms with Crippen LogP contribution >= 0.6 is 0 Å². The van der Waals surface area contributed by atoms with Crippen molar-refractivity contribution < 1.29 is 9.47 Å². The summed E-state index contributed by atoms with van der Waals surface area (Å²) in [5.41, 5.74) is 7.25. The van der Waals surface area contributed by atoms with Gasteiger partial charge in [-0.05, 0) is 12.5 Å². The zero-order chi connectivity index (χ0) is 15.2. The number of hydrogen-bond donors (Lipinski definition) is 1. The first kappa shape index (κ1) is 15.3. The maximum Gasteiger partial charge on any atom is 0.138 e. The Morgan fingerprint density at radius 3 is 2.76 bits per heavy atom. The molecule has 0 aliphatic heterocycles. The molecule has 21 heavy (non-hydrogen) atoms. The highest BCUT2D eigenvalue weighted by Crippen LogP contribution is 2.29. The molecule has 0 fully saturated rings. The second-order valence-corrected chi connectivity index (χ2v) is 4.82. The highest BCUT2D eigenvalue weighted by atomic mass is 16.5. The van der Waals surface area contributed by atoms with Gasteiger partial charge in [0.25, 0.3) is 0 Å². The topological polar surface area (TPSA) is 75.2 Å². The van der Waals surface area contributed by atoms with E-state index in [-0.39, 0.29) is 6.04 Å². The standard InChI is InChI=1S/C15H22N4O2/c1-4-7-19-15(17-10-18-19)9-13(16)12-6-5-11(20-2)8-14(12)21-3/h5-6,8,10,13H,4,7,9,16H2,1-3H3. The van der Waals surface area contributed by atoms with Gasteiger partial charge in [0.05, 0.1) is 14.2 Å². The van der Waals surface area contributed by atoms with Crippen LogP contribution in [0.4, 0.5) is 0 Å². The van der Waals surface area contributed by atoms with Crippen LogP contribution in [0.1, 0.15) is 30.8 Å². The lowest BCUT2D eigenvalue weighted by molar-refractivity contribution is 0.387. The lowest BCUT2D eigenvalue weighted by Gasteiger charge is -2.16. The molecule has 2 rings (SSSR count). The molecule has 0 aliphatic rings. The fourth-order valence-electron chi connectivity index (χ4n) is 2.28. The van der Waals surface area contributed by atoms with Crippen LogP contribution in [0, 0.1) is 0 Å². The van der Waals surface area contributed by atoms with Gasteiger partial charge in [0.15, 0.2) is 0 Å². The van der Waals surface area contributed by atoms with Crippen molar-refractivity contribution in [1.29, 1.82) is 0 Å². The number of benzene rings is 1. The Hall–Kier alpha value is -2.08. The van der Waals surface area contributed by atoms with E-state index >= 15 is 0 Å². The maximum atomic E-state index is 6.32. The van der Waals surface area contributed by atoms with Gasteiger partial charge in [0, 0.05) is 30.6 Å². The van der Waals surface area contributed by atoms with Crippen LogP contribution in [0.25, 0.3) is 0 Å². The van der Waals surface area contributed by atoms with Crippen molar-refractivity contribution >= 4 is 0 Å². The van der Waals surface area contributed by atoms with Crippen molar-refractivity contribution in [3.8, 4) is 11.5 Å². The van der Waals surface area contributed by atoms with E-state index in [1.54, 1.807) is 20.5 Å². The zero-order valence-corrected chi connectivity index (χ0v) is 12.7. The number of aryl methyl sites for hydroxylation is 1. The smallest absolute Gasteiger partial charge is 0.138 e. The maximum absolute atomic E-state index is 6.32. The third-order valence-electron chi connectivity index (χ3n) is 3.37. The van der Waals surface area contributed by atoms with E-state index in [1.165, 1.54) is 0 Å². The Kier molecular flexibility index (Phi) is 5.16. The van der Waals surface area contributed by atoms with Gasteiger partial charge in [-0.25, -0.2) is 4.98 Å². The molecule has 6 nitrogen and oxygen atoms in total. The minimum atomic E-state index is -0.203. The number of aromatic nitrogens is 3. The van der Waals surface area contributed by atoms with Crippen molar-refractivity contribution in [3.05, 3.63) is 35.9 Å². The quantitative estimate of drug-likeness (QED) is 0.843. The monoisotopic (exact) mass is 290 g/mol. The van der Waals surface area contributed by atoms with Crippen LogP contribution in [0.5, 0.6) is 11.5 Å². The highest BCUT2D eigenvalue weighted by Gasteiger charge is 2.16. The number of rotatable bonds is 7. The predicted molar refractivity (Wildman–Crippen MR) is 80.5 cm³/mol. The molecular formula is C15H22N4O2. The van der Waals surface area contributed by atoms with Crippen molar-refractivity contribution in [2.75, 3.05) is 14.2 Å². The van der Waals surface area contributed by atoms with Crippen molar-refractivity contribution in [1.82, 2.24) is 14.8 Å². The first-order valence-electron chi connectivity index (χ1n) is 7.03. The van der Waals surface area contributed by atoms with E-state index in [4.69, 9.17) is 15.2 Å². The molecule has 1 atom stereocenters. The molecule has 0 spiro atoms. The molecule has 1 heterocycles. The van der Waals surface area contributed by atoms with E-state index < -0.39 is 0 Å². The fraction of sp³-hybridized carbons (Fsp3) is 0.467. The molecule has 114 valence electrons. The molecule has 0 aliphatic carbocycles. The molecule has 0 radical (unpaired) electrons. The Bertz CT molecular complexity index is 583. The lowest BCUT2D eigenvalue weighted by atomic mass is 10.0. The highest BCUT2D eigenvalue weighted by molar-refractivity contribution is 5.42. The summed E-state index contributed by atoms with van der Waals surface area (Å²) in [6, 6.07) is 5.45. The SMILES string of the molecule is CCCn1ncnc1CC(N)c1ccc(OC)cc1OC. The number of ether oxygens (including phenoxy) is 2. The largest absolute Gasteiger partial charge is 0.497 e. The van der Waals surface area contributed by atoms with Crippen LogP contribution < -0.4 is 15.2 Å². The third-order valence-corrected chi connectivity index (χ3v) is 3.37. The van der Waals surface area contributed by atoms with E-state index in [2.05, 4.69) is 17.0 Å². The molecule has 6 heteroatoms. The summed E-state index contributed by atoms with van der Waals surface area (Å²) < 4.78 is 12.5. The third kappa shape index (κ3) is 3.52. The fourth-order valence-corrected chi connectivity index (χ4v) is 2.28. The van der Waals surface area contributed by atoms with Gasteiger partial charge in [-0.3, -0.25) is 4.68 Å². The number of nitrogens with zero attached hydrogens (tertiary/aromatic N) is 3. The van der Waals surface area contributed by atoms with Gasteiger partial charge < -0.3 is 15.2 Å². The molecule has 1 aromatic carbocycles. The summed E-state index contributed by atoms with van der Waals surface area (Å²) in [5.74, 6) is 2.36. The minimum absolute atomic E-state index is 0.203. The molecule has 0 saturated carbocycles. The molecule has 2 N–H and O–H groups in total. The van der Waals surface area contributed by atoms with E-state index in [0.717, 1.165) is 35.9 Å². The Balaban J connectivity index is 2.19. The Morgan fingerprint density at radius 2 is 2.10 bits per heavy atom. The molecule has 2 aromatic rings. The minimum Gasteiger partial charge on any atom is -0.497 e. The molecule has 1 unspecified atom stereocenters. The van der Waals surface area contributed by atoms with Crippen LogP contribution in [-0.2, 0) is 13.0 Å². The normalized spacial score (nSPS) is 12.2. The summed E-state index contributed by atoms with van der Waals surface area (Å²) in [7, 11) is 3.26. The van der Waals surface area contributed by atoms with Gasteiger partial charge in [-0.1, -0.05) is 13.0 Å². The summed E-state index contributed by atoms with van der Waals surface area (Å²) in [6.07, 6.45) is 3.20. The molecule has 0 saturated heterocycles. The van der Waals surface area contributed by atoms with Crippen molar-refractivity contribution in [3.63, 3.8) is 0 Å². The summed E-state index contributed by atoms with van der Waals surface area (Å²) in [4.78, 5) is 4.30. The second-order valence-electron chi connectivity index (χ2n) is 4.82. The van der Waals surface area contributed by atoms with E-state index in [9.17, 15) is 0 Å². The molecule has 0 bridgehead atoms. The van der Waals surface area contributed by atoms with Gasteiger partial charge in [0.2, 0.25) is 0 Å². The first-order chi connectivity index (χ1) is 10.2. The van der Waals surface area contributed by atoms with E-state index in [0.29, 0.717) is 6.42 Å². The Labute approximate surface area is 124 Å². The van der Waals surface area contributed by atoms with Crippen LogP contribution in [0.3, 0.4) is 0 Å². The van der Waals surface area contributed by atoms with Crippen molar-refractivity contribution in [2.24, 2.45) is 5.73 Å². The van der Waals surface area contributed by atoms with Crippen LogP contribution in [0.15, 0.2) is 24.5 Å². The predicted octanol–water partition coefficient (Wildman–Crippen LogP) is 1.95. The first-order valence-corrected chi connectivity index (χ1v) is 7.03. The molecule has 1 aromatic heterocycles. The lowest BCUT2D eigenvalue weighted by Crippen LogP contribution is -2.18. The summed E-state index contributed by atoms with van der Waals surface area (Å²) in [5, 5.41) is 4.22. The number of nitrogens with two attached hydrogens (primary N) is 1. The van der Waals surface area contributed by atoms with Crippen molar-refractivity contribution in [2.45, 2.75) is 32.4 Å². The van der Waals surface area contributed by atoms with Gasteiger partial charge in [-0.2, -0.15) is 5.10 Å². The zero-order valence-electron chi connectivity index (χ0n) is 12.7. The summed E-state index contributed by atoms with van der Waals surface area (Å²) >= 11 is 0. The van der Waals surface area contributed by atoms with E-state index in [1.807, 2.05) is 22.9 Å². The van der Waals surface area contributed by atoms with Gasteiger partial charge in [0.1, 0.15) is 23.7 Å². The van der Waals surface area contributed by atoms with Gasteiger partial charge >= 0.3 is 0 Å². The van der Waals surface area contributed by atoms with Gasteiger partial charge in [-0.15, -0.1) is 0 Å². The van der Waals surface area contributed by atoms with Crippen LogP contribution in [-0.4, -0.2) is 29.0 Å². The average molecular weight is 290 g/mol. The molecule has 0 amide bonds. The number of methoxy groups -OCH3 is 2. The molecular weight excluding hydrogens is 268 g/mol. The number of hydrogen-bond acceptors (Lipinski definition) is 5. The van der Waals surface area contributed by atoms with Crippen LogP contribution in [0.2, 0.25) is 0 Å². The summed E-state index contributed by atoms with van der Waals surface area (Å²) in [6.45, 7) is 2.96.